The smallest absolute Gasteiger partial charge is 0.0374 e. The summed E-state index contributed by atoms with van der Waals surface area (Å²) in [5.74, 6) is 0. The molecule has 1 aliphatic carbocycles. The second-order valence-electron chi connectivity index (χ2n) is 1.44. The molecular formula is C3H8N4. The number of hydrogen-bond acceptors (Lipinski definition) is 2. The lowest BCUT2D eigenvalue weighted by Gasteiger charge is -1.61. The van der Waals surface area contributed by atoms with Crippen molar-refractivity contribution in [1.82, 2.24) is 6.15 Å². The predicted octanol–water partition coefficient (Wildman–Crippen LogP) is 1.62. The quantitative estimate of drug-likeness (QED) is 0.303. The minimum Gasteiger partial charge on any atom is -0.344 e. The van der Waals surface area contributed by atoms with E-state index in [1.54, 1.807) is 0 Å². The molecule has 0 aliphatic heterocycles. The Bertz CT molecular complexity index is 89.1. The zero-order valence-corrected chi connectivity index (χ0v) is 4.04. The molecule has 3 N–H and O–H groups in total. The first-order valence-corrected chi connectivity index (χ1v) is 1.97. The van der Waals surface area contributed by atoms with Crippen molar-refractivity contribution >= 4 is 0 Å². The maximum atomic E-state index is 7.74. The van der Waals surface area contributed by atoms with Gasteiger partial charge in [-0.05, 0) is 18.4 Å². The van der Waals surface area contributed by atoms with Gasteiger partial charge < -0.3 is 6.15 Å². The van der Waals surface area contributed by atoms with E-state index in [9.17, 15) is 0 Å². The number of azide groups is 1. The standard InChI is InChI=1S/C3H5N3.H3N/c4-6-5-3-1-2-3;/h3H,1-2H2;1H3. The summed E-state index contributed by atoms with van der Waals surface area (Å²) in [5, 5.41) is 3.42. The molecule has 7 heavy (non-hydrogen) atoms. The highest BCUT2D eigenvalue weighted by atomic mass is 15.2. The second-order valence-corrected chi connectivity index (χ2v) is 1.44. The van der Waals surface area contributed by atoms with Crippen LogP contribution in [-0.2, 0) is 0 Å². The van der Waals surface area contributed by atoms with Gasteiger partial charge in [0.05, 0.1) is 0 Å². The van der Waals surface area contributed by atoms with E-state index in [1.807, 2.05) is 0 Å². The van der Waals surface area contributed by atoms with Gasteiger partial charge in [0.25, 0.3) is 0 Å². The fraction of sp³-hybridized carbons (Fsp3) is 1.00. The molecular weight excluding hydrogens is 92.1 g/mol. The van der Waals surface area contributed by atoms with E-state index < -0.39 is 0 Å². The second kappa shape index (κ2) is 2.44. The van der Waals surface area contributed by atoms with Crippen LogP contribution in [0.25, 0.3) is 10.4 Å². The summed E-state index contributed by atoms with van der Waals surface area (Å²) in [6.07, 6.45) is 2.20. The van der Waals surface area contributed by atoms with Gasteiger partial charge in [0, 0.05) is 11.0 Å². The lowest BCUT2D eigenvalue weighted by atomic mass is 10.8. The summed E-state index contributed by atoms with van der Waals surface area (Å²) < 4.78 is 0. The highest BCUT2D eigenvalue weighted by Crippen LogP contribution is 2.22. The molecule has 40 valence electrons. The Morgan fingerprint density at radius 2 is 2.14 bits per heavy atom. The van der Waals surface area contributed by atoms with Crippen LogP contribution >= 0.6 is 0 Å². The van der Waals surface area contributed by atoms with Gasteiger partial charge in [0.15, 0.2) is 0 Å². The van der Waals surface area contributed by atoms with E-state index in [4.69, 9.17) is 5.53 Å². The van der Waals surface area contributed by atoms with E-state index in [2.05, 4.69) is 10.0 Å². The molecule has 1 fully saturated rings. The fourth-order valence-electron chi connectivity index (χ4n) is 0.263. The van der Waals surface area contributed by atoms with Gasteiger partial charge in [-0.1, -0.05) is 5.11 Å². The van der Waals surface area contributed by atoms with Crippen molar-refractivity contribution in [3.05, 3.63) is 10.4 Å². The first-order valence-electron chi connectivity index (χ1n) is 1.97. The van der Waals surface area contributed by atoms with Crippen LogP contribution in [0.5, 0.6) is 0 Å². The van der Waals surface area contributed by atoms with Crippen molar-refractivity contribution < 1.29 is 0 Å². The van der Waals surface area contributed by atoms with E-state index in [0.29, 0.717) is 6.04 Å². The summed E-state index contributed by atoms with van der Waals surface area (Å²) in [5.41, 5.74) is 7.74. The predicted molar refractivity (Wildman–Crippen MR) is 27.2 cm³/mol. The molecule has 4 heteroatoms. The zero-order valence-electron chi connectivity index (χ0n) is 4.04. The minimum absolute atomic E-state index is 0. The van der Waals surface area contributed by atoms with E-state index in [1.165, 1.54) is 0 Å². The molecule has 0 spiro atoms. The summed E-state index contributed by atoms with van der Waals surface area (Å²) in [7, 11) is 0. The Hall–Kier alpha value is -0.730. The highest BCUT2D eigenvalue weighted by molar-refractivity contribution is 4.80. The lowest BCUT2D eigenvalue weighted by Crippen LogP contribution is -1.61. The number of rotatable bonds is 1. The Labute approximate surface area is 41.7 Å². The topological polar surface area (TPSA) is 83.8 Å². The normalized spacial score (nSPS) is 16.6. The van der Waals surface area contributed by atoms with Gasteiger partial charge in [0.2, 0.25) is 0 Å². The van der Waals surface area contributed by atoms with Crippen LogP contribution in [0.15, 0.2) is 5.11 Å². The van der Waals surface area contributed by atoms with Crippen LogP contribution in [0.3, 0.4) is 0 Å². The molecule has 1 rings (SSSR count). The SMILES string of the molecule is N.[N-]=[N+]=NC1CC1. The molecule has 0 aromatic rings. The third-order valence-corrected chi connectivity index (χ3v) is 0.762. The van der Waals surface area contributed by atoms with E-state index >= 15 is 0 Å². The molecule has 0 saturated heterocycles. The van der Waals surface area contributed by atoms with Crippen molar-refractivity contribution in [2.75, 3.05) is 0 Å². The Morgan fingerprint density at radius 3 is 2.29 bits per heavy atom. The lowest BCUT2D eigenvalue weighted by molar-refractivity contribution is 1.05. The van der Waals surface area contributed by atoms with Gasteiger partial charge in [-0.15, -0.1) is 0 Å². The first-order chi connectivity index (χ1) is 2.93. The van der Waals surface area contributed by atoms with Crippen LogP contribution in [0.2, 0.25) is 0 Å². The third kappa shape index (κ3) is 2.03. The monoisotopic (exact) mass is 100 g/mol. The first kappa shape index (κ1) is 6.27. The third-order valence-electron chi connectivity index (χ3n) is 0.762. The molecule has 1 aliphatic rings. The molecule has 0 atom stereocenters. The molecule has 0 radical (unpaired) electrons. The Kier molecular flexibility index (Phi) is 2.19. The maximum Gasteiger partial charge on any atom is 0.0374 e. The average Bonchev–Trinajstić information content (AvgIpc) is 2.21. The van der Waals surface area contributed by atoms with E-state index in [0.717, 1.165) is 12.8 Å². The molecule has 0 amide bonds. The van der Waals surface area contributed by atoms with E-state index in [-0.39, 0.29) is 6.15 Å². The molecule has 0 unspecified atom stereocenters. The van der Waals surface area contributed by atoms with Crippen LogP contribution in [0, 0.1) is 0 Å². The van der Waals surface area contributed by atoms with Crippen molar-refractivity contribution in [2.45, 2.75) is 18.9 Å². The molecule has 0 aromatic heterocycles. The minimum atomic E-state index is 0. The summed E-state index contributed by atoms with van der Waals surface area (Å²) in [6.45, 7) is 0. The van der Waals surface area contributed by atoms with Gasteiger partial charge in [-0.25, -0.2) is 0 Å². The van der Waals surface area contributed by atoms with Crippen molar-refractivity contribution in [3.8, 4) is 0 Å². The van der Waals surface area contributed by atoms with Crippen LogP contribution in [0.4, 0.5) is 0 Å². The largest absolute Gasteiger partial charge is 0.344 e. The van der Waals surface area contributed by atoms with Gasteiger partial charge in [-0.3, -0.25) is 0 Å². The molecule has 0 heterocycles. The summed E-state index contributed by atoms with van der Waals surface area (Å²) in [6, 6.07) is 0.356. The van der Waals surface area contributed by atoms with Crippen molar-refractivity contribution in [1.29, 1.82) is 0 Å². The molecule has 0 aromatic carbocycles. The Balaban J connectivity index is 0.000000360. The van der Waals surface area contributed by atoms with Crippen LogP contribution in [-0.4, -0.2) is 6.04 Å². The van der Waals surface area contributed by atoms with Crippen molar-refractivity contribution in [3.63, 3.8) is 0 Å². The number of hydrogen-bond donors (Lipinski definition) is 1. The molecule has 0 bridgehead atoms. The van der Waals surface area contributed by atoms with Crippen molar-refractivity contribution in [2.24, 2.45) is 5.11 Å². The average molecular weight is 100 g/mol. The summed E-state index contributed by atoms with van der Waals surface area (Å²) in [4.78, 5) is 2.62. The van der Waals surface area contributed by atoms with Gasteiger partial charge in [-0.2, -0.15) is 0 Å². The van der Waals surface area contributed by atoms with Crippen LogP contribution in [0.1, 0.15) is 12.8 Å². The summed E-state index contributed by atoms with van der Waals surface area (Å²) >= 11 is 0. The van der Waals surface area contributed by atoms with Crippen LogP contribution < -0.4 is 6.15 Å². The highest BCUT2D eigenvalue weighted by Gasteiger charge is 2.18. The van der Waals surface area contributed by atoms with Gasteiger partial charge in [0.1, 0.15) is 0 Å². The molecule has 4 nitrogen and oxygen atoms in total. The number of nitrogens with zero attached hydrogens (tertiary/aromatic N) is 3. The maximum absolute atomic E-state index is 7.74. The Morgan fingerprint density at radius 1 is 1.57 bits per heavy atom. The van der Waals surface area contributed by atoms with Gasteiger partial charge >= 0.3 is 0 Å². The zero-order chi connectivity index (χ0) is 4.41. The fourth-order valence-corrected chi connectivity index (χ4v) is 0.263. The molecule has 1 saturated carbocycles.